The second kappa shape index (κ2) is 8.07. The predicted octanol–water partition coefficient (Wildman–Crippen LogP) is 3.48. The van der Waals surface area contributed by atoms with E-state index in [-0.39, 0.29) is 11.8 Å². The second-order valence-corrected chi connectivity index (χ2v) is 8.00. The van der Waals surface area contributed by atoms with Crippen molar-refractivity contribution in [2.45, 2.75) is 39.7 Å². The molecular formula is C23H27FN4O2. The average molecular weight is 410 g/mol. The number of H-pyrrole nitrogens is 1. The highest BCUT2D eigenvalue weighted by atomic mass is 19.1. The normalized spacial score (nSPS) is 19.9. The van der Waals surface area contributed by atoms with Crippen LogP contribution in [0, 0.1) is 19.7 Å². The minimum absolute atomic E-state index is 0.115. The number of fused-ring (bicyclic) bond motifs is 1. The van der Waals surface area contributed by atoms with Gasteiger partial charge in [-0.25, -0.2) is 4.39 Å². The zero-order chi connectivity index (χ0) is 21.4. The van der Waals surface area contributed by atoms with E-state index < -0.39 is 5.82 Å². The van der Waals surface area contributed by atoms with Gasteiger partial charge >= 0.3 is 0 Å². The number of aromatic amines is 1. The van der Waals surface area contributed by atoms with E-state index >= 15 is 0 Å². The van der Waals surface area contributed by atoms with Crippen LogP contribution in [0.3, 0.4) is 0 Å². The monoisotopic (exact) mass is 410 g/mol. The van der Waals surface area contributed by atoms with Gasteiger partial charge in [0.1, 0.15) is 5.82 Å². The minimum Gasteiger partial charge on any atom is -0.358 e. The molecule has 2 aromatic rings. The van der Waals surface area contributed by atoms with Gasteiger partial charge in [-0.15, -0.1) is 0 Å². The first-order valence-corrected chi connectivity index (χ1v) is 10.4. The van der Waals surface area contributed by atoms with Crippen molar-refractivity contribution in [1.82, 2.24) is 15.2 Å². The first-order valence-electron chi connectivity index (χ1n) is 10.4. The molecule has 7 heteroatoms. The highest BCUT2D eigenvalue weighted by Gasteiger charge is 2.27. The molecule has 30 heavy (non-hydrogen) atoms. The molecule has 2 aliphatic rings. The molecule has 2 aliphatic heterocycles. The Morgan fingerprint density at radius 3 is 2.93 bits per heavy atom. The third-order valence-electron chi connectivity index (χ3n) is 6.16. The van der Waals surface area contributed by atoms with Gasteiger partial charge in [-0.05, 0) is 69.6 Å². The number of anilines is 1. The molecule has 4 rings (SSSR count). The third-order valence-corrected chi connectivity index (χ3v) is 6.16. The van der Waals surface area contributed by atoms with Crippen LogP contribution in [0.15, 0.2) is 18.2 Å². The van der Waals surface area contributed by atoms with Crippen LogP contribution in [0.1, 0.15) is 52.6 Å². The third kappa shape index (κ3) is 3.65. The van der Waals surface area contributed by atoms with E-state index in [4.69, 9.17) is 0 Å². The molecule has 3 heterocycles. The number of hydrogen-bond acceptors (Lipinski definition) is 3. The van der Waals surface area contributed by atoms with Crippen LogP contribution in [0.2, 0.25) is 0 Å². The predicted molar refractivity (Wildman–Crippen MR) is 116 cm³/mol. The zero-order valence-corrected chi connectivity index (χ0v) is 17.6. The molecule has 0 aliphatic carbocycles. The molecule has 1 aromatic heterocycles. The van der Waals surface area contributed by atoms with Crippen LogP contribution in [-0.4, -0.2) is 47.4 Å². The quantitative estimate of drug-likeness (QED) is 0.661. The van der Waals surface area contributed by atoms with Crippen molar-refractivity contribution in [1.29, 1.82) is 0 Å². The van der Waals surface area contributed by atoms with Crippen LogP contribution in [-0.2, 0) is 4.79 Å². The molecule has 6 nitrogen and oxygen atoms in total. The van der Waals surface area contributed by atoms with Gasteiger partial charge in [0.05, 0.1) is 11.1 Å². The van der Waals surface area contributed by atoms with Gasteiger partial charge in [0, 0.05) is 35.2 Å². The van der Waals surface area contributed by atoms with Crippen LogP contribution >= 0.6 is 0 Å². The fourth-order valence-corrected chi connectivity index (χ4v) is 4.55. The molecule has 0 radical (unpaired) electrons. The molecule has 1 atom stereocenters. The molecule has 1 saturated heterocycles. The molecule has 3 N–H and O–H groups in total. The number of likely N-dealkylation sites (tertiary alicyclic amines) is 1. The summed E-state index contributed by atoms with van der Waals surface area (Å²) < 4.78 is 13.7. The Bertz CT molecular complexity index is 1040. The van der Waals surface area contributed by atoms with Gasteiger partial charge in [-0.3, -0.25) is 14.5 Å². The number of carbonyl (C=O) groups is 2. The molecule has 1 fully saturated rings. The number of aromatic nitrogens is 1. The fourth-order valence-electron chi connectivity index (χ4n) is 4.55. The number of aryl methyl sites for hydroxylation is 1. The van der Waals surface area contributed by atoms with Gasteiger partial charge in [-0.2, -0.15) is 0 Å². The molecule has 2 amide bonds. The average Bonchev–Trinajstić information content (AvgIpc) is 3.37. The maximum Gasteiger partial charge on any atom is 0.256 e. The van der Waals surface area contributed by atoms with Crippen molar-refractivity contribution in [3.05, 3.63) is 52.1 Å². The summed E-state index contributed by atoms with van der Waals surface area (Å²) in [7, 11) is 0. The number of rotatable bonds is 5. The Morgan fingerprint density at radius 2 is 2.17 bits per heavy atom. The molecule has 0 bridgehead atoms. The lowest BCUT2D eigenvalue weighted by atomic mass is 10.0. The number of halogens is 1. The van der Waals surface area contributed by atoms with Gasteiger partial charge in [0.15, 0.2) is 0 Å². The smallest absolute Gasteiger partial charge is 0.256 e. The number of benzene rings is 1. The van der Waals surface area contributed by atoms with Gasteiger partial charge < -0.3 is 15.6 Å². The Labute approximate surface area is 175 Å². The van der Waals surface area contributed by atoms with E-state index in [0.717, 1.165) is 30.8 Å². The Hall–Kier alpha value is -2.93. The maximum atomic E-state index is 13.7. The largest absolute Gasteiger partial charge is 0.358 e. The highest BCUT2D eigenvalue weighted by Crippen LogP contribution is 2.34. The highest BCUT2D eigenvalue weighted by molar-refractivity contribution is 6.34. The lowest BCUT2D eigenvalue weighted by molar-refractivity contribution is -0.110. The van der Waals surface area contributed by atoms with Gasteiger partial charge in [0.2, 0.25) is 0 Å². The van der Waals surface area contributed by atoms with Gasteiger partial charge in [0.25, 0.3) is 11.8 Å². The summed E-state index contributed by atoms with van der Waals surface area (Å²) in [5, 5.41) is 5.82. The lowest BCUT2D eigenvalue weighted by Gasteiger charge is -2.22. The van der Waals surface area contributed by atoms with E-state index in [9.17, 15) is 14.0 Å². The van der Waals surface area contributed by atoms with Gasteiger partial charge in [-0.1, -0.05) is 6.92 Å². The second-order valence-electron chi connectivity index (χ2n) is 8.00. The maximum absolute atomic E-state index is 13.7. The van der Waals surface area contributed by atoms with Crippen molar-refractivity contribution in [2.75, 3.05) is 25.0 Å². The van der Waals surface area contributed by atoms with Crippen molar-refractivity contribution < 1.29 is 14.0 Å². The number of carbonyl (C=O) groups excluding carboxylic acids is 2. The first kappa shape index (κ1) is 20.3. The molecule has 158 valence electrons. The van der Waals surface area contributed by atoms with Crippen LogP contribution in [0.5, 0.6) is 0 Å². The summed E-state index contributed by atoms with van der Waals surface area (Å²) in [5.41, 5.74) is 4.28. The molecule has 1 unspecified atom stereocenters. The topological polar surface area (TPSA) is 77.2 Å². The summed E-state index contributed by atoms with van der Waals surface area (Å²) in [6, 6.07) is 4.60. The van der Waals surface area contributed by atoms with Crippen LogP contribution in [0.25, 0.3) is 11.6 Å². The summed E-state index contributed by atoms with van der Waals surface area (Å²) in [6.07, 6.45) is 3.95. The van der Waals surface area contributed by atoms with E-state index in [0.29, 0.717) is 40.7 Å². The number of likely N-dealkylation sites (N-methyl/N-ethyl adjacent to an activating group) is 1. The standard InChI is InChI=1S/C23H27FN4O2/c1-4-28-9-5-6-16(28)12-25-23(30)21-13(2)20(26-14(21)3)11-18-17-10-15(24)7-8-19(17)27-22(18)29/h7-8,10-11,16,26H,4-6,9,12H2,1-3H3,(H,25,30)(H,27,29)/b18-11-. The number of nitrogens with zero attached hydrogens (tertiary/aromatic N) is 1. The molecule has 1 aromatic carbocycles. The van der Waals surface area contributed by atoms with E-state index in [1.54, 1.807) is 12.1 Å². The lowest BCUT2D eigenvalue weighted by Crippen LogP contribution is -2.40. The van der Waals surface area contributed by atoms with E-state index in [1.165, 1.54) is 18.6 Å². The number of hydrogen-bond donors (Lipinski definition) is 3. The summed E-state index contributed by atoms with van der Waals surface area (Å²) in [5.74, 6) is -0.797. The molecular weight excluding hydrogens is 383 g/mol. The SMILES string of the molecule is CCN1CCCC1CNC(=O)c1c(C)[nH]c(/C=C2\C(=O)Nc3ccc(F)cc32)c1C. The molecule has 0 saturated carbocycles. The van der Waals surface area contributed by atoms with Crippen molar-refractivity contribution in [3.8, 4) is 0 Å². The Kier molecular flexibility index (Phi) is 5.47. The number of amides is 2. The van der Waals surface area contributed by atoms with Crippen molar-refractivity contribution in [3.63, 3.8) is 0 Å². The minimum atomic E-state index is -0.399. The summed E-state index contributed by atoms with van der Waals surface area (Å²) in [4.78, 5) is 30.9. The summed E-state index contributed by atoms with van der Waals surface area (Å²) >= 11 is 0. The Morgan fingerprint density at radius 1 is 1.37 bits per heavy atom. The van der Waals surface area contributed by atoms with E-state index in [1.807, 2.05) is 13.8 Å². The Balaban J connectivity index is 1.57. The van der Waals surface area contributed by atoms with Crippen molar-refractivity contribution in [2.24, 2.45) is 0 Å². The van der Waals surface area contributed by atoms with Crippen molar-refractivity contribution >= 4 is 29.2 Å². The fraction of sp³-hybridized carbons (Fsp3) is 0.391. The zero-order valence-electron chi connectivity index (χ0n) is 17.6. The first-order chi connectivity index (χ1) is 14.4. The van der Waals surface area contributed by atoms with Crippen LogP contribution < -0.4 is 10.6 Å². The summed E-state index contributed by atoms with van der Waals surface area (Å²) in [6.45, 7) is 8.55. The molecule has 0 spiro atoms. The van der Waals surface area contributed by atoms with E-state index in [2.05, 4.69) is 27.4 Å². The number of nitrogens with one attached hydrogen (secondary N) is 3. The van der Waals surface area contributed by atoms with Crippen LogP contribution in [0.4, 0.5) is 10.1 Å².